The second-order valence-corrected chi connectivity index (χ2v) is 16.0. The molecule has 0 spiro atoms. The van der Waals surface area contributed by atoms with Crippen molar-refractivity contribution in [3.63, 3.8) is 0 Å². The SMILES string of the molecule is C[Si](C)(C)C#CC(=O)NCCNC(=O)C#C[Si](C)(C)C. The Balaban J connectivity index is 3.97. The van der Waals surface area contributed by atoms with Gasteiger partial charge in [0.15, 0.2) is 0 Å². The van der Waals surface area contributed by atoms with Gasteiger partial charge in [0.25, 0.3) is 11.8 Å². The third kappa shape index (κ3) is 12.9. The van der Waals surface area contributed by atoms with Crippen molar-refractivity contribution in [1.82, 2.24) is 10.6 Å². The predicted molar refractivity (Wildman–Crippen MR) is 88.3 cm³/mol. The van der Waals surface area contributed by atoms with Gasteiger partial charge in [0.2, 0.25) is 0 Å². The monoisotopic (exact) mass is 308 g/mol. The van der Waals surface area contributed by atoms with Gasteiger partial charge in [0.1, 0.15) is 16.1 Å². The summed E-state index contributed by atoms with van der Waals surface area (Å²) in [6, 6.07) is 0. The van der Waals surface area contributed by atoms with Gasteiger partial charge in [-0.1, -0.05) is 39.3 Å². The minimum Gasteiger partial charge on any atom is -0.344 e. The summed E-state index contributed by atoms with van der Waals surface area (Å²) >= 11 is 0. The molecule has 2 N–H and O–H groups in total. The number of carbonyl (C=O) groups is 2. The van der Waals surface area contributed by atoms with E-state index in [0.717, 1.165) is 0 Å². The Bertz CT molecular complexity index is 434. The fraction of sp³-hybridized carbons (Fsp3) is 0.571. The first kappa shape index (κ1) is 18.5. The second-order valence-electron chi connectivity index (χ2n) is 6.51. The summed E-state index contributed by atoms with van der Waals surface area (Å²) in [6.45, 7) is 13.2. The van der Waals surface area contributed by atoms with Gasteiger partial charge in [-0.25, -0.2) is 0 Å². The molecule has 0 aromatic carbocycles. The number of hydrogen-bond acceptors (Lipinski definition) is 2. The molecular formula is C14H24N2O2Si2. The topological polar surface area (TPSA) is 58.2 Å². The van der Waals surface area contributed by atoms with E-state index in [-0.39, 0.29) is 11.8 Å². The van der Waals surface area contributed by atoms with E-state index in [0.29, 0.717) is 13.1 Å². The van der Waals surface area contributed by atoms with E-state index < -0.39 is 16.1 Å². The Kier molecular flexibility index (Phi) is 7.34. The van der Waals surface area contributed by atoms with Crippen LogP contribution in [0.2, 0.25) is 39.3 Å². The third-order valence-electron chi connectivity index (χ3n) is 1.80. The normalized spacial score (nSPS) is 10.5. The van der Waals surface area contributed by atoms with Crippen LogP contribution in [-0.2, 0) is 9.59 Å². The molecule has 0 atom stereocenters. The molecule has 4 nitrogen and oxygen atoms in total. The first-order chi connectivity index (χ1) is 8.99. The Hall–Kier alpha value is -1.51. The quantitative estimate of drug-likeness (QED) is 0.464. The van der Waals surface area contributed by atoms with Gasteiger partial charge < -0.3 is 10.6 Å². The molecule has 0 saturated carbocycles. The van der Waals surface area contributed by atoms with Crippen molar-refractivity contribution >= 4 is 28.0 Å². The molecule has 0 fully saturated rings. The van der Waals surface area contributed by atoms with Crippen LogP contribution in [0.25, 0.3) is 0 Å². The summed E-state index contributed by atoms with van der Waals surface area (Å²) in [5.41, 5.74) is 5.96. The average molecular weight is 309 g/mol. The van der Waals surface area contributed by atoms with Crippen molar-refractivity contribution in [1.29, 1.82) is 0 Å². The molecule has 110 valence electrons. The molecule has 0 unspecified atom stereocenters. The first-order valence-corrected chi connectivity index (χ1v) is 13.6. The average Bonchev–Trinajstić information content (AvgIpc) is 2.27. The van der Waals surface area contributed by atoms with Crippen LogP contribution < -0.4 is 10.6 Å². The van der Waals surface area contributed by atoms with Gasteiger partial charge in [0, 0.05) is 13.1 Å². The van der Waals surface area contributed by atoms with E-state index in [2.05, 4.69) is 72.8 Å². The molecule has 0 heterocycles. The van der Waals surface area contributed by atoms with E-state index in [9.17, 15) is 9.59 Å². The summed E-state index contributed by atoms with van der Waals surface area (Å²) in [5.74, 6) is 4.57. The number of nitrogens with one attached hydrogen (secondary N) is 2. The lowest BCUT2D eigenvalue weighted by molar-refractivity contribution is -0.117. The molecule has 0 aliphatic carbocycles. The fourth-order valence-electron chi connectivity index (χ4n) is 0.929. The van der Waals surface area contributed by atoms with Crippen LogP contribution in [0.1, 0.15) is 0 Å². The lowest BCUT2D eigenvalue weighted by Crippen LogP contribution is -2.34. The van der Waals surface area contributed by atoms with Crippen LogP contribution in [0, 0.1) is 22.9 Å². The highest BCUT2D eigenvalue weighted by Crippen LogP contribution is 1.96. The van der Waals surface area contributed by atoms with Gasteiger partial charge in [-0.15, -0.1) is 11.1 Å². The van der Waals surface area contributed by atoms with Crippen LogP contribution in [0.5, 0.6) is 0 Å². The highest BCUT2D eigenvalue weighted by atomic mass is 28.3. The Morgan fingerprint density at radius 3 is 1.30 bits per heavy atom. The van der Waals surface area contributed by atoms with Crippen molar-refractivity contribution in [3.8, 4) is 22.9 Å². The van der Waals surface area contributed by atoms with Crippen LogP contribution in [0.4, 0.5) is 0 Å². The summed E-state index contributed by atoms with van der Waals surface area (Å²) in [7, 11) is -3.04. The zero-order chi connectivity index (χ0) is 15.8. The van der Waals surface area contributed by atoms with Crippen molar-refractivity contribution in [2.45, 2.75) is 39.3 Å². The zero-order valence-electron chi connectivity index (χ0n) is 13.2. The highest BCUT2D eigenvalue weighted by molar-refractivity contribution is 6.84. The minimum atomic E-state index is -1.52. The number of hydrogen-bond donors (Lipinski definition) is 2. The molecule has 0 aliphatic heterocycles. The van der Waals surface area contributed by atoms with E-state index in [1.54, 1.807) is 0 Å². The lowest BCUT2D eigenvalue weighted by Gasteiger charge is -2.05. The standard InChI is InChI=1S/C14H24N2O2Si2/c1-19(2,3)11-7-13(17)15-9-10-16-14(18)8-12-20(4,5)6/h9-10H2,1-6H3,(H,15,17)(H,16,18). The maximum atomic E-state index is 11.4. The van der Waals surface area contributed by atoms with E-state index in [1.165, 1.54) is 0 Å². The summed E-state index contributed by atoms with van der Waals surface area (Å²) < 4.78 is 0. The maximum Gasteiger partial charge on any atom is 0.295 e. The number of rotatable bonds is 3. The van der Waals surface area contributed by atoms with Crippen LogP contribution in [-0.4, -0.2) is 41.1 Å². The minimum absolute atomic E-state index is 0.296. The first-order valence-electron chi connectivity index (χ1n) is 6.62. The largest absolute Gasteiger partial charge is 0.344 e. The fourth-order valence-corrected chi connectivity index (χ4v) is 1.91. The van der Waals surface area contributed by atoms with Gasteiger partial charge in [-0.05, 0) is 11.8 Å². The van der Waals surface area contributed by atoms with Crippen LogP contribution in [0.3, 0.4) is 0 Å². The lowest BCUT2D eigenvalue weighted by atomic mass is 10.5. The summed E-state index contributed by atoms with van der Waals surface area (Å²) in [6.07, 6.45) is 0. The predicted octanol–water partition coefficient (Wildman–Crippen LogP) is 0.980. The molecule has 0 radical (unpaired) electrons. The van der Waals surface area contributed by atoms with E-state index in [1.807, 2.05) is 0 Å². The van der Waals surface area contributed by atoms with E-state index in [4.69, 9.17) is 0 Å². The van der Waals surface area contributed by atoms with E-state index >= 15 is 0 Å². The van der Waals surface area contributed by atoms with Gasteiger partial charge >= 0.3 is 0 Å². The highest BCUT2D eigenvalue weighted by Gasteiger charge is 2.09. The molecule has 0 aromatic heterocycles. The van der Waals surface area contributed by atoms with Crippen molar-refractivity contribution in [2.24, 2.45) is 0 Å². The maximum absolute atomic E-state index is 11.4. The molecule has 2 amide bonds. The zero-order valence-corrected chi connectivity index (χ0v) is 15.2. The Morgan fingerprint density at radius 2 is 1.05 bits per heavy atom. The molecule has 6 heteroatoms. The molecule has 0 aromatic rings. The Labute approximate surface area is 124 Å². The van der Waals surface area contributed by atoms with Gasteiger partial charge in [-0.3, -0.25) is 9.59 Å². The van der Waals surface area contributed by atoms with Gasteiger partial charge in [0.05, 0.1) is 0 Å². The summed E-state index contributed by atoms with van der Waals surface area (Å²) in [5, 5.41) is 5.28. The third-order valence-corrected chi connectivity index (χ3v) is 3.55. The van der Waals surface area contributed by atoms with Crippen molar-refractivity contribution in [2.75, 3.05) is 13.1 Å². The molecule has 0 bridgehead atoms. The Morgan fingerprint density at radius 1 is 0.750 bits per heavy atom. The van der Waals surface area contributed by atoms with Crippen LogP contribution >= 0.6 is 0 Å². The van der Waals surface area contributed by atoms with Gasteiger partial charge in [-0.2, -0.15) is 0 Å². The smallest absolute Gasteiger partial charge is 0.295 e. The van der Waals surface area contributed by atoms with Crippen molar-refractivity contribution < 1.29 is 9.59 Å². The number of carbonyl (C=O) groups excluding carboxylic acids is 2. The van der Waals surface area contributed by atoms with Crippen molar-refractivity contribution in [3.05, 3.63) is 0 Å². The second kappa shape index (κ2) is 7.93. The molecular weight excluding hydrogens is 284 g/mol. The molecule has 0 saturated heterocycles. The molecule has 20 heavy (non-hydrogen) atoms. The molecule has 0 rings (SSSR count). The van der Waals surface area contributed by atoms with Crippen LogP contribution in [0.15, 0.2) is 0 Å². The summed E-state index contributed by atoms with van der Waals surface area (Å²) in [4.78, 5) is 22.8. The molecule has 0 aliphatic rings. The number of amides is 2.